The van der Waals surface area contributed by atoms with Gasteiger partial charge in [0.25, 0.3) is 0 Å². The molecule has 0 saturated carbocycles. The summed E-state index contributed by atoms with van der Waals surface area (Å²) < 4.78 is 4.84. The highest BCUT2D eigenvalue weighted by atomic mass is 16.5. The fourth-order valence-electron chi connectivity index (χ4n) is 3.44. The topological polar surface area (TPSA) is 46.6 Å². The van der Waals surface area contributed by atoms with Crippen LogP contribution in [-0.2, 0) is 27.2 Å². The first-order valence-corrected chi connectivity index (χ1v) is 7.16. The molecule has 0 aromatic heterocycles. The first kappa shape index (κ1) is 13.2. The number of carbonyl (C=O) groups excluding carboxylic acids is 2. The third-order valence-electron chi connectivity index (χ3n) is 4.44. The molecule has 0 radical (unpaired) electrons. The van der Waals surface area contributed by atoms with Gasteiger partial charge < -0.3 is 9.64 Å². The predicted octanol–water partition coefficient (Wildman–Crippen LogP) is 1.71. The Morgan fingerprint density at radius 1 is 1.20 bits per heavy atom. The summed E-state index contributed by atoms with van der Waals surface area (Å²) in [6.45, 7) is 0. The van der Waals surface area contributed by atoms with Gasteiger partial charge in [-0.2, -0.15) is 0 Å². The molecule has 2 atom stereocenters. The third kappa shape index (κ3) is 2.19. The van der Waals surface area contributed by atoms with Gasteiger partial charge in [0.05, 0.1) is 7.11 Å². The van der Waals surface area contributed by atoms with E-state index >= 15 is 0 Å². The summed E-state index contributed by atoms with van der Waals surface area (Å²) in [6, 6.07) is 8.10. The Bertz CT molecular complexity index is 540. The average molecular weight is 273 g/mol. The van der Waals surface area contributed by atoms with Crippen molar-refractivity contribution in [3.8, 4) is 0 Å². The highest BCUT2D eigenvalue weighted by Crippen LogP contribution is 2.30. The Morgan fingerprint density at radius 3 is 2.70 bits per heavy atom. The quantitative estimate of drug-likeness (QED) is 0.771. The predicted molar refractivity (Wildman–Crippen MR) is 74.1 cm³/mol. The largest absolute Gasteiger partial charge is 0.467 e. The summed E-state index contributed by atoms with van der Waals surface area (Å²) >= 11 is 0. The number of amides is 1. The highest BCUT2D eigenvalue weighted by molar-refractivity contribution is 5.88. The lowest BCUT2D eigenvalue weighted by Crippen LogP contribution is -2.48. The first-order valence-electron chi connectivity index (χ1n) is 7.16. The van der Waals surface area contributed by atoms with E-state index in [4.69, 9.17) is 4.74 Å². The highest BCUT2D eigenvalue weighted by Gasteiger charge is 2.41. The molecule has 1 amide bonds. The van der Waals surface area contributed by atoms with Crippen molar-refractivity contribution in [3.63, 3.8) is 0 Å². The number of fused-ring (bicyclic) bond motifs is 1. The van der Waals surface area contributed by atoms with Crippen LogP contribution in [0.15, 0.2) is 24.3 Å². The molecule has 0 bridgehead atoms. The molecule has 1 aromatic rings. The van der Waals surface area contributed by atoms with E-state index < -0.39 is 0 Å². The minimum absolute atomic E-state index is 0.0878. The lowest BCUT2D eigenvalue weighted by molar-refractivity contribution is -0.151. The molecule has 1 fully saturated rings. The molecule has 1 heterocycles. The molecule has 20 heavy (non-hydrogen) atoms. The van der Waals surface area contributed by atoms with Gasteiger partial charge in [0.2, 0.25) is 5.91 Å². The van der Waals surface area contributed by atoms with Crippen LogP contribution in [0, 0.1) is 0 Å². The number of ether oxygens (including phenoxy) is 1. The van der Waals surface area contributed by atoms with Crippen molar-refractivity contribution >= 4 is 11.9 Å². The van der Waals surface area contributed by atoms with Crippen molar-refractivity contribution < 1.29 is 14.3 Å². The minimum atomic E-state index is -0.386. The average Bonchev–Trinajstić information content (AvgIpc) is 2.87. The Labute approximate surface area is 118 Å². The fourth-order valence-corrected chi connectivity index (χ4v) is 3.44. The number of likely N-dealkylation sites (tertiary alicyclic amines) is 1. The smallest absolute Gasteiger partial charge is 0.328 e. The molecule has 0 spiro atoms. The van der Waals surface area contributed by atoms with Crippen LogP contribution in [0.25, 0.3) is 0 Å². The second kappa shape index (κ2) is 5.27. The van der Waals surface area contributed by atoms with Gasteiger partial charge in [0.1, 0.15) is 6.04 Å². The zero-order valence-corrected chi connectivity index (χ0v) is 11.7. The second-order valence-electron chi connectivity index (χ2n) is 5.54. The zero-order valence-electron chi connectivity index (χ0n) is 11.7. The van der Waals surface area contributed by atoms with Crippen LogP contribution >= 0.6 is 0 Å². The standard InChI is InChI=1S/C16H19NO3/c1-20-16(19)14-8-9-15(18)17(14)13-7-6-11-4-2-3-5-12(11)10-13/h2-5,13-14H,6-10H2,1H3. The van der Waals surface area contributed by atoms with Crippen LogP contribution in [0.4, 0.5) is 0 Å². The molecule has 1 aromatic carbocycles. The van der Waals surface area contributed by atoms with Gasteiger partial charge in [0.15, 0.2) is 0 Å². The van der Waals surface area contributed by atoms with Gasteiger partial charge in [-0.05, 0) is 36.8 Å². The Kier molecular flexibility index (Phi) is 3.47. The zero-order chi connectivity index (χ0) is 14.1. The van der Waals surface area contributed by atoms with Crippen LogP contribution < -0.4 is 0 Å². The van der Waals surface area contributed by atoms with Gasteiger partial charge in [-0.15, -0.1) is 0 Å². The van der Waals surface area contributed by atoms with E-state index in [9.17, 15) is 9.59 Å². The maximum Gasteiger partial charge on any atom is 0.328 e. The lowest BCUT2D eigenvalue weighted by atomic mass is 9.87. The summed E-state index contributed by atoms with van der Waals surface area (Å²) in [7, 11) is 1.39. The summed E-state index contributed by atoms with van der Waals surface area (Å²) in [4.78, 5) is 25.8. The molecule has 0 N–H and O–H groups in total. The van der Waals surface area contributed by atoms with Crippen LogP contribution in [0.2, 0.25) is 0 Å². The van der Waals surface area contributed by atoms with Crippen molar-refractivity contribution in [2.75, 3.05) is 7.11 Å². The number of nitrogens with zero attached hydrogens (tertiary/aromatic N) is 1. The van der Waals surface area contributed by atoms with Gasteiger partial charge in [-0.25, -0.2) is 4.79 Å². The van der Waals surface area contributed by atoms with E-state index in [2.05, 4.69) is 18.2 Å². The Morgan fingerprint density at radius 2 is 1.95 bits per heavy atom. The number of hydrogen-bond donors (Lipinski definition) is 0. The first-order chi connectivity index (χ1) is 9.70. The molecule has 1 aliphatic heterocycles. The SMILES string of the molecule is COC(=O)C1CCC(=O)N1C1CCc2ccccc2C1. The number of methoxy groups -OCH3 is 1. The van der Waals surface area contributed by atoms with E-state index in [0.717, 1.165) is 19.3 Å². The second-order valence-corrected chi connectivity index (χ2v) is 5.54. The van der Waals surface area contributed by atoms with E-state index in [1.807, 2.05) is 6.07 Å². The Hall–Kier alpha value is -1.84. The van der Waals surface area contributed by atoms with Crippen LogP contribution in [0.5, 0.6) is 0 Å². The van der Waals surface area contributed by atoms with Crippen LogP contribution in [-0.4, -0.2) is 36.0 Å². The van der Waals surface area contributed by atoms with Gasteiger partial charge in [-0.3, -0.25) is 4.79 Å². The van der Waals surface area contributed by atoms with Crippen molar-refractivity contribution in [1.82, 2.24) is 4.90 Å². The van der Waals surface area contributed by atoms with Crippen molar-refractivity contribution in [3.05, 3.63) is 35.4 Å². The molecule has 2 aliphatic rings. The normalized spacial score (nSPS) is 25.4. The van der Waals surface area contributed by atoms with Crippen molar-refractivity contribution in [1.29, 1.82) is 0 Å². The van der Waals surface area contributed by atoms with Crippen molar-refractivity contribution in [2.45, 2.75) is 44.2 Å². The number of benzene rings is 1. The molecular formula is C16H19NO3. The number of carbonyl (C=O) groups is 2. The molecule has 3 rings (SSSR count). The van der Waals surface area contributed by atoms with E-state index in [1.54, 1.807) is 4.90 Å². The third-order valence-corrected chi connectivity index (χ3v) is 4.44. The summed E-state index contributed by atoms with van der Waals surface area (Å²) in [5.74, 6) is -0.195. The molecular weight excluding hydrogens is 254 g/mol. The van der Waals surface area contributed by atoms with E-state index in [-0.39, 0.29) is 24.0 Å². The van der Waals surface area contributed by atoms with Crippen molar-refractivity contribution in [2.24, 2.45) is 0 Å². The fraction of sp³-hybridized carbons (Fsp3) is 0.500. The number of rotatable bonds is 2. The Balaban J connectivity index is 1.82. The number of hydrogen-bond acceptors (Lipinski definition) is 3. The van der Waals surface area contributed by atoms with Gasteiger partial charge in [0, 0.05) is 12.5 Å². The molecule has 1 saturated heterocycles. The van der Waals surface area contributed by atoms with Crippen LogP contribution in [0.3, 0.4) is 0 Å². The molecule has 4 heteroatoms. The maximum absolute atomic E-state index is 12.1. The van der Waals surface area contributed by atoms with E-state index in [0.29, 0.717) is 12.8 Å². The minimum Gasteiger partial charge on any atom is -0.467 e. The summed E-state index contributed by atoms with van der Waals surface area (Å²) in [5, 5.41) is 0. The maximum atomic E-state index is 12.1. The molecule has 2 unspecified atom stereocenters. The van der Waals surface area contributed by atoms with E-state index in [1.165, 1.54) is 18.2 Å². The molecule has 4 nitrogen and oxygen atoms in total. The number of aryl methyl sites for hydroxylation is 1. The monoisotopic (exact) mass is 273 g/mol. The van der Waals surface area contributed by atoms with Gasteiger partial charge in [-0.1, -0.05) is 24.3 Å². The number of esters is 1. The summed E-state index contributed by atoms with van der Waals surface area (Å²) in [5.41, 5.74) is 2.66. The molecule has 1 aliphatic carbocycles. The van der Waals surface area contributed by atoms with Crippen LogP contribution in [0.1, 0.15) is 30.4 Å². The summed E-state index contributed by atoms with van der Waals surface area (Å²) in [6.07, 6.45) is 3.78. The molecule has 106 valence electrons. The lowest BCUT2D eigenvalue weighted by Gasteiger charge is -2.35. The van der Waals surface area contributed by atoms with Gasteiger partial charge >= 0.3 is 5.97 Å².